The zero-order valence-corrected chi connectivity index (χ0v) is 14.8. The Morgan fingerprint density at radius 2 is 2.25 bits per heavy atom. The van der Waals surface area contributed by atoms with Gasteiger partial charge in [-0.25, -0.2) is 17.5 Å². The highest BCUT2D eigenvalue weighted by atomic mass is 35.5. The molecule has 1 N–H and O–H groups in total. The summed E-state index contributed by atoms with van der Waals surface area (Å²) in [4.78, 5) is 5.41. The quantitative estimate of drug-likeness (QED) is 0.847. The van der Waals surface area contributed by atoms with Gasteiger partial charge in [-0.15, -0.1) is 0 Å². The Morgan fingerprint density at radius 1 is 1.46 bits per heavy atom. The molecule has 0 radical (unpaired) electrons. The lowest BCUT2D eigenvalue weighted by molar-refractivity contribution is -0.110. The molecule has 6 nitrogen and oxygen atoms in total. The van der Waals surface area contributed by atoms with E-state index >= 15 is 0 Å². The molecular formula is C15H20ClFN2O4S. The predicted octanol–water partition coefficient (Wildman–Crippen LogP) is 1.86. The Bertz CT molecular complexity index is 697. The predicted molar refractivity (Wildman–Crippen MR) is 87.6 cm³/mol. The second-order valence-electron chi connectivity index (χ2n) is 6.03. The van der Waals surface area contributed by atoms with Crippen LogP contribution < -0.4 is 4.72 Å². The van der Waals surface area contributed by atoms with Crippen LogP contribution in [0, 0.1) is 5.82 Å². The van der Waals surface area contributed by atoms with Crippen LogP contribution in [0.1, 0.15) is 24.4 Å². The number of nitrogens with one attached hydrogen (secondary N) is 1. The Morgan fingerprint density at radius 3 is 2.92 bits per heavy atom. The average molecular weight is 379 g/mol. The van der Waals surface area contributed by atoms with Crippen molar-refractivity contribution < 1.29 is 22.4 Å². The molecule has 0 aromatic heterocycles. The van der Waals surface area contributed by atoms with Gasteiger partial charge in [-0.1, -0.05) is 17.7 Å². The monoisotopic (exact) mass is 378 g/mol. The zero-order chi connectivity index (χ0) is 17.3. The number of hydrogen-bond donors (Lipinski definition) is 1. The van der Waals surface area contributed by atoms with Crippen molar-refractivity contribution in [1.29, 1.82) is 0 Å². The smallest absolute Gasteiger partial charge is 0.218 e. The van der Waals surface area contributed by atoms with E-state index in [0.29, 0.717) is 12.2 Å². The average Bonchev–Trinajstić information content (AvgIpc) is 3.18. The third-order valence-corrected chi connectivity index (χ3v) is 6.46. The number of nitrogens with zero attached hydrogens (tertiary/aromatic N) is 1. The third-order valence-electron chi connectivity index (χ3n) is 4.41. The van der Waals surface area contributed by atoms with Crippen LogP contribution >= 0.6 is 11.6 Å². The number of halogens is 2. The van der Waals surface area contributed by atoms with E-state index in [9.17, 15) is 12.8 Å². The minimum absolute atomic E-state index is 0.0248. The fraction of sp³-hybridized carbons (Fsp3) is 0.600. The molecule has 0 aliphatic carbocycles. The molecule has 3 rings (SSSR count). The van der Waals surface area contributed by atoms with Crippen LogP contribution in [0.25, 0.3) is 0 Å². The molecule has 2 aliphatic rings. The highest BCUT2D eigenvalue weighted by Crippen LogP contribution is 2.34. The Hall–Kier alpha value is -0.770. The molecule has 134 valence electrons. The Kier molecular flexibility index (Phi) is 5.43. The summed E-state index contributed by atoms with van der Waals surface area (Å²) in [6, 6.07) is 3.63. The van der Waals surface area contributed by atoms with Gasteiger partial charge in [-0.2, -0.15) is 5.06 Å². The van der Waals surface area contributed by atoms with E-state index in [0.717, 1.165) is 12.8 Å². The molecule has 1 aromatic rings. The minimum atomic E-state index is -3.63. The van der Waals surface area contributed by atoms with Gasteiger partial charge in [-0.05, 0) is 30.5 Å². The van der Waals surface area contributed by atoms with Crippen LogP contribution in [0.2, 0.25) is 5.02 Å². The normalized spacial score (nSPS) is 28.5. The van der Waals surface area contributed by atoms with Crippen LogP contribution in [-0.4, -0.2) is 51.6 Å². The largest absolute Gasteiger partial charge is 0.377 e. The van der Waals surface area contributed by atoms with Crippen molar-refractivity contribution in [3.05, 3.63) is 34.6 Å². The van der Waals surface area contributed by atoms with Crippen molar-refractivity contribution in [3.8, 4) is 0 Å². The van der Waals surface area contributed by atoms with E-state index in [1.807, 2.05) is 0 Å². The van der Waals surface area contributed by atoms with Crippen LogP contribution in [0.4, 0.5) is 4.39 Å². The van der Waals surface area contributed by atoms with Crippen LogP contribution in [-0.2, 0) is 19.6 Å². The molecule has 2 fully saturated rings. The van der Waals surface area contributed by atoms with Gasteiger partial charge in [0.15, 0.2) is 0 Å². The first-order chi connectivity index (χ1) is 11.4. The first-order valence-electron chi connectivity index (χ1n) is 7.79. The van der Waals surface area contributed by atoms with Crippen LogP contribution in [0.15, 0.2) is 18.2 Å². The van der Waals surface area contributed by atoms with Gasteiger partial charge >= 0.3 is 0 Å². The Labute approximate surface area is 145 Å². The molecule has 0 bridgehead atoms. The van der Waals surface area contributed by atoms with Gasteiger partial charge in [0.25, 0.3) is 0 Å². The summed E-state index contributed by atoms with van der Waals surface area (Å²) in [5.41, 5.74) is 0.592. The number of sulfonamides is 1. The summed E-state index contributed by atoms with van der Waals surface area (Å²) in [7, 11) is -1.98. The molecule has 2 heterocycles. The Balaban J connectivity index is 1.78. The molecule has 2 saturated heterocycles. The van der Waals surface area contributed by atoms with E-state index in [4.69, 9.17) is 21.2 Å². The number of hydroxylamine groups is 2. The molecule has 24 heavy (non-hydrogen) atoms. The number of ether oxygens (including phenoxy) is 1. The lowest BCUT2D eigenvalue weighted by atomic mass is 10.0. The molecular weight excluding hydrogens is 359 g/mol. The summed E-state index contributed by atoms with van der Waals surface area (Å²) in [6.45, 7) is 0.939. The summed E-state index contributed by atoms with van der Waals surface area (Å²) in [5.74, 6) is -0.544. The van der Waals surface area contributed by atoms with Crippen molar-refractivity contribution in [2.45, 2.75) is 30.2 Å². The lowest BCUT2D eigenvalue weighted by Crippen LogP contribution is -2.42. The number of hydrogen-bond acceptors (Lipinski definition) is 5. The molecule has 3 unspecified atom stereocenters. The zero-order valence-electron chi connectivity index (χ0n) is 13.2. The number of rotatable bonds is 5. The van der Waals surface area contributed by atoms with Crippen molar-refractivity contribution in [1.82, 2.24) is 9.79 Å². The summed E-state index contributed by atoms with van der Waals surface area (Å²) in [5, 5.41) is 0.612. The van der Waals surface area contributed by atoms with Gasteiger partial charge in [0.05, 0.1) is 23.8 Å². The molecule has 3 atom stereocenters. The highest BCUT2D eigenvalue weighted by Gasteiger charge is 2.43. The van der Waals surface area contributed by atoms with E-state index in [1.54, 1.807) is 7.05 Å². The van der Waals surface area contributed by atoms with E-state index in [2.05, 4.69) is 4.72 Å². The maximum absolute atomic E-state index is 13.4. The van der Waals surface area contributed by atoms with E-state index in [1.165, 1.54) is 23.3 Å². The fourth-order valence-electron chi connectivity index (χ4n) is 3.10. The molecule has 0 saturated carbocycles. The number of benzene rings is 1. The first kappa shape index (κ1) is 18.0. The van der Waals surface area contributed by atoms with Crippen molar-refractivity contribution in [3.63, 3.8) is 0 Å². The highest BCUT2D eigenvalue weighted by molar-refractivity contribution is 7.90. The molecule has 2 aliphatic heterocycles. The first-order valence-corrected chi connectivity index (χ1v) is 9.71. The maximum Gasteiger partial charge on any atom is 0.218 e. The summed E-state index contributed by atoms with van der Waals surface area (Å²) < 4.78 is 46.8. The van der Waals surface area contributed by atoms with Crippen molar-refractivity contribution >= 4 is 21.6 Å². The topological polar surface area (TPSA) is 67.9 Å². The lowest BCUT2D eigenvalue weighted by Gasteiger charge is -2.23. The van der Waals surface area contributed by atoms with Crippen LogP contribution in [0.5, 0.6) is 0 Å². The summed E-state index contributed by atoms with van der Waals surface area (Å²) in [6.07, 6.45) is 1.71. The van der Waals surface area contributed by atoms with Crippen molar-refractivity contribution in [2.75, 3.05) is 26.8 Å². The second-order valence-corrected chi connectivity index (χ2v) is 8.42. The van der Waals surface area contributed by atoms with Crippen molar-refractivity contribution in [2.24, 2.45) is 0 Å². The van der Waals surface area contributed by atoms with Crippen LogP contribution in [0.3, 0.4) is 0 Å². The third kappa shape index (κ3) is 3.74. The van der Waals surface area contributed by atoms with E-state index < -0.39 is 27.1 Å². The molecule has 9 heteroatoms. The molecule has 1 aromatic carbocycles. The van der Waals surface area contributed by atoms with E-state index in [-0.39, 0.29) is 24.3 Å². The van der Waals surface area contributed by atoms with Gasteiger partial charge in [-0.3, -0.25) is 4.84 Å². The molecule has 0 spiro atoms. The minimum Gasteiger partial charge on any atom is -0.377 e. The standard InChI is InChI=1S/C15H20ClFN2O4S/c1-19-15(10-4-5-13(17)12(16)7-10)14(9-23-19)24(20,21)18-8-11-3-2-6-22-11/h4-5,7,11,14-15,18H,2-3,6,8-9H2,1H3. The maximum atomic E-state index is 13.4. The van der Waals surface area contributed by atoms with Gasteiger partial charge < -0.3 is 4.74 Å². The van der Waals surface area contributed by atoms with Gasteiger partial charge in [0.2, 0.25) is 10.0 Å². The van der Waals surface area contributed by atoms with Gasteiger partial charge in [0.1, 0.15) is 11.1 Å². The fourth-order valence-corrected chi connectivity index (χ4v) is 4.83. The second kappa shape index (κ2) is 7.23. The summed E-state index contributed by atoms with van der Waals surface area (Å²) >= 11 is 5.83. The SMILES string of the molecule is CN1OCC(S(=O)(=O)NCC2CCCO2)C1c1ccc(F)c(Cl)c1. The van der Waals surface area contributed by atoms with Gasteiger partial charge in [0, 0.05) is 20.2 Å². The molecule has 0 amide bonds.